The Labute approximate surface area is 105 Å². The number of carboxylic acids is 1. The smallest absolute Gasteiger partial charge is 0.329 e. The minimum Gasteiger partial charge on any atom is -0.480 e. The summed E-state index contributed by atoms with van der Waals surface area (Å²) in [6.45, 7) is 3.36. The zero-order valence-corrected chi connectivity index (χ0v) is 10.4. The van der Waals surface area contributed by atoms with Crippen LogP contribution in [0, 0.1) is 0 Å². The monoisotopic (exact) mass is 262 g/mol. The van der Waals surface area contributed by atoms with E-state index in [-0.39, 0.29) is 6.04 Å². The molecule has 0 rings (SSSR count). The fourth-order valence-corrected chi connectivity index (χ4v) is 0.990. The van der Waals surface area contributed by atoms with Gasteiger partial charge in [-0.1, -0.05) is 0 Å². The third-order valence-electron chi connectivity index (χ3n) is 1.66. The van der Waals surface area contributed by atoms with Gasteiger partial charge in [0.25, 0.3) is 5.91 Å². The summed E-state index contributed by atoms with van der Waals surface area (Å²) < 4.78 is 9.59. The van der Waals surface area contributed by atoms with Crippen molar-refractivity contribution in [3.05, 3.63) is 0 Å². The molecule has 0 aliphatic heterocycles. The number of imide groups is 1. The van der Waals surface area contributed by atoms with Gasteiger partial charge in [0.15, 0.2) is 0 Å². The van der Waals surface area contributed by atoms with E-state index in [9.17, 15) is 14.4 Å². The van der Waals surface area contributed by atoms with E-state index in [2.05, 4.69) is 10.1 Å². The van der Waals surface area contributed by atoms with Gasteiger partial charge >= 0.3 is 12.0 Å². The van der Waals surface area contributed by atoms with Crippen LogP contribution in [0.25, 0.3) is 0 Å². The number of aliphatic carboxylic acids is 1. The van der Waals surface area contributed by atoms with Crippen LogP contribution in [0.2, 0.25) is 0 Å². The molecule has 3 N–H and O–H groups in total. The Morgan fingerprint density at radius 1 is 1.22 bits per heavy atom. The second-order valence-corrected chi connectivity index (χ2v) is 3.47. The van der Waals surface area contributed by atoms with Gasteiger partial charge in [-0.05, 0) is 13.8 Å². The molecular formula is C10H18N2O6. The van der Waals surface area contributed by atoms with Gasteiger partial charge in [-0.25, -0.2) is 9.59 Å². The van der Waals surface area contributed by atoms with E-state index in [0.717, 1.165) is 0 Å². The maximum atomic E-state index is 11.3. The highest BCUT2D eigenvalue weighted by Crippen LogP contribution is 1.84. The summed E-state index contributed by atoms with van der Waals surface area (Å²) in [6, 6.07) is -0.913. The van der Waals surface area contributed by atoms with Gasteiger partial charge in [0.05, 0.1) is 12.6 Å². The number of carbonyl (C=O) groups excluding carboxylic acids is 2. The highest BCUT2D eigenvalue weighted by molar-refractivity contribution is 5.95. The van der Waals surface area contributed by atoms with Crippen LogP contribution in [0.1, 0.15) is 13.8 Å². The van der Waals surface area contributed by atoms with Crippen molar-refractivity contribution in [2.24, 2.45) is 0 Å². The van der Waals surface area contributed by atoms with Gasteiger partial charge < -0.3 is 19.9 Å². The first kappa shape index (κ1) is 16.3. The number of hydrogen-bond donors (Lipinski definition) is 3. The summed E-state index contributed by atoms with van der Waals surface area (Å²) in [4.78, 5) is 32.5. The van der Waals surface area contributed by atoms with E-state index in [1.165, 1.54) is 0 Å². The van der Waals surface area contributed by atoms with Gasteiger partial charge in [0.1, 0.15) is 13.2 Å². The lowest BCUT2D eigenvalue weighted by atomic mass is 10.4. The Hall–Kier alpha value is -1.67. The van der Waals surface area contributed by atoms with Crippen molar-refractivity contribution in [3.8, 4) is 0 Å². The number of carbonyl (C=O) groups is 3. The van der Waals surface area contributed by atoms with Crippen molar-refractivity contribution in [1.29, 1.82) is 0 Å². The quantitative estimate of drug-likeness (QED) is 0.535. The number of ether oxygens (including phenoxy) is 2. The van der Waals surface area contributed by atoms with E-state index < -0.39 is 31.1 Å². The average molecular weight is 262 g/mol. The van der Waals surface area contributed by atoms with Crippen molar-refractivity contribution in [3.63, 3.8) is 0 Å². The molecule has 8 heteroatoms. The second-order valence-electron chi connectivity index (χ2n) is 3.47. The number of rotatable bonds is 8. The first-order chi connectivity index (χ1) is 8.45. The first-order valence-corrected chi connectivity index (χ1v) is 5.43. The highest BCUT2D eigenvalue weighted by atomic mass is 16.5. The highest BCUT2D eigenvalue weighted by Gasteiger charge is 2.11. The summed E-state index contributed by atoms with van der Waals surface area (Å²) in [6.07, 6.45) is 0. The molecule has 18 heavy (non-hydrogen) atoms. The molecule has 0 spiro atoms. The first-order valence-electron chi connectivity index (χ1n) is 5.43. The lowest BCUT2D eigenvalue weighted by Gasteiger charge is -2.13. The maximum absolute atomic E-state index is 11.3. The molecular weight excluding hydrogens is 244 g/mol. The topological polar surface area (TPSA) is 114 Å². The summed E-state index contributed by atoms with van der Waals surface area (Å²) in [5.74, 6) is -1.89. The van der Waals surface area contributed by atoms with Gasteiger partial charge in [0, 0.05) is 6.61 Å². The number of urea groups is 1. The maximum Gasteiger partial charge on any atom is 0.329 e. The molecule has 104 valence electrons. The SMILES string of the molecule is CCOCC(C)NC(=O)NC(=O)COCC(=O)O. The normalized spacial score (nSPS) is 11.7. The molecule has 0 aromatic heterocycles. The molecule has 0 radical (unpaired) electrons. The lowest BCUT2D eigenvalue weighted by Crippen LogP contribution is -2.46. The fourth-order valence-electron chi connectivity index (χ4n) is 0.990. The van der Waals surface area contributed by atoms with E-state index >= 15 is 0 Å². The Bertz CT molecular complexity index is 294. The molecule has 0 aliphatic carbocycles. The zero-order chi connectivity index (χ0) is 14.0. The molecule has 0 aromatic rings. The number of nitrogens with one attached hydrogen (secondary N) is 2. The largest absolute Gasteiger partial charge is 0.480 e. The molecule has 0 fully saturated rings. The van der Waals surface area contributed by atoms with Crippen molar-refractivity contribution in [1.82, 2.24) is 10.6 Å². The zero-order valence-electron chi connectivity index (χ0n) is 10.4. The predicted octanol–water partition coefficient (Wildman–Crippen LogP) is -0.662. The Balaban J connectivity index is 3.73. The summed E-state index contributed by atoms with van der Waals surface area (Å²) in [5, 5.41) is 12.7. The minimum absolute atomic E-state index is 0.238. The van der Waals surface area contributed by atoms with Crippen LogP contribution < -0.4 is 10.6 Å². The second kappa shape index (κ2) is 9.37. The van der Waals surface area contributed by atoms with Gasteiger partial charge in [-0.15, -0.1) is 0 Å². The van der Waals surface area contributed by atoms with Crippen molar-refractivity contribution in [2.45, 2.75) is 19.9 Å². The summed E-state index contributed by atoms with van der Waals surface area (Å²) in [5.41, 5.74) is 0. The van der Waals surface area contributed by atoms with Gasteiger partial charge in [0.2, 0.25) is 0 Å². The van der Waals surface area contributed by atoms with E-state index in [1.807, 2.05) is 12.2 Å². The lowest BCUT2D eigenvalue weighted by molar-refractivity contribution is -0.143. The molecule has 3 amide bonds. The third kappa shape index (κ3) is 9.55. The van der Waals surface area contributed by atoms with Gasteiger partial charge in [-0.3, -0.25) is 10.1 Å². The summed E-state index contributed by atoms with van der Waals surface area (Å²) >= 11 is 0. The van der Waals surface area contributed by atoms with Crippen LogP contribution in [-0.2, 0) is 19.1 Å². The van der Waals surface area contributed by atoms with E-state index in [1.54, 1.807) is 6.92 Å². The molecule has 8 nitrogen and oxygen atoms in total. The fraction of sp³-hybridized carbons (Fsp3) is 0.700. The molecule has 0 saturated carbocycles. The molecule has 0 aliphatic rings. The van der Waals surface area contributed by atoms with Crippen LogP contribution in [0.5, 0.6) is 0 Å². The predicted molar refractivity (Wildman–Crippen MR) is 61.1 cm³/mol. The van der Waals surface area contributed by atoms with Crippen LogP contribution in [0.15, 0.2) is 0 Å². The summed E-state index contributed by atoms with van der Waals surface area (Å²) in [7, 11) is 0. The van der Waals surface area contributed by atoms with Crippen LogP contribution in [-0.4, -0.2) is 55.5 Å². The van der Waals surface area contributed by atoms with Crippen molar-refractivity contribution in [2.75, 3.05) is 26.4 Å². The molecule has 0 heterocycles. The van der Waals surface area contributed by atoms with Crippen LogP contribution in [0.4, 0.5) is 4.79 Å². The van der Waals surface area contributed by atoms with Crippen LogP contribution in [0.3, 0.4) is 0 Å². The minimum atomic E-state index is -1.18. The van der Waals surface area contributed by atoms with Crippen molar-refractivity contribution < 1.29 is 29.0 Å². The molecule has 0 aromatic carbocycles. The molecule has 1 unspecified atom stereocenters. The number of hydrogen-bond acceptors (Lipinski definition) is 5. The number of carboxylic acid groups (broad SMARTS) is 1. The molecule has 1 atom stereocenters. The number of amides is 3. The molecule has 0 saturated heterocycles. The van der Waals surface area contributed by atoms with Crippen molar-refractivity contribution >= 4 is 17.9 Å². The standard InChI is InChI=1S/C10H18N2O6/c1-3-17-4-7(2)11-10(16)12-8(13)5-18-6-9(14)15/h7H,3-6H2,1-2H3,(H,14,15)(H2,11,12,13,16). The Morgan fingerprint density at radius 2 is 1.89 bits per heavy atom. The average Bonchev–Trinajstić information content (AvgIpc) is 2.25. The van der Waals surface area contributed by atoms with E-state index in [0.29, 0.717) is 13.2 Å². The van der Waals surface area contributed by atoms with Crippen LogP contribution >= 0.6 is 0 Å². The Morgan fingerprint density at radius 3 is 2.44 bits per heavy atom. The third-order valence-corrected chi connectivity index (χ3v) is 1.66. The van der Waals surface area contributed by atoms with Gasteiger partial charge in [-0.2, -0.15) is 0 Å². The molecule has 0 bridgehead atoms. The Kier molecular flexibility index (Phi) is 8.50. The van der Waals surface area contributed by atoms with E-state index in [4.69, 9.17) is 9.84 Å².